The van der Waals surface area contributed by atoms with Gasteiger partial charge in [0.25, 0.3) is 0 Å². The lowest BCUT2D eigenvalue weighted by molar-refractivity contribution is -0.140. The molecular formula is C20H21BrCl2N2O2. The number of rotatable bonds is 7. The number of nitrogens with one attached hydrogen (secondary N) is 1. The molecule has 7 heteroatoms. The van der Waals surface area contributed by atoms with Crippen molar-refractivity contribution in [2.45, 2.75) is 32.9 Å². The van der Waals surface area contributed by atoms with Gasteiger partial charge in [0.15, 0.2) is 0 Å². The molecule has 0 aliphatic carbocycles. The van der Waals surface area contributed by atoms with Crippen molar-refractivity contribution in [2.24, 2.45) is 0 Å². The molecule has 2 aromatic carbocycles. The molecule has 0 radical (unpaired) electrons. The molecule has 0 fully saturated rings. The van der Waals surface area contributed by atoms with Crippen LogP contribution in [0.5, 0.6) is 0 Å². The van der Waals surface area contributed by atoms with Gasteiger partial charge in [-0.15, -0.1) is 0 Å². The number of nitrogens with zero attached hydrogens (tertiary/aromatic N) is 1. The first kappa shape index (κ1) is 21.7. The van der Waals surface area contributed by atoms with Crippen molar-refractivity contribution in [3.63, 3.8) is 0 Å². The summed E-state index contributed by atoms with van der Waals surface area (Å²) < 4.78 is 0.948. The Hall–Kier alpha value is -1.56. The molecule has 0 saturated heterocycles. The summed E-state index contributed by atoms with van der Waals surface area (Å²) in [6.45, 7) is 4.37. The molecule has 2 rings (SSSR count). The molecule has 27 heavy (non-hydrogen) atoms. The summed E-state index contributed by atoms with van der Waals surface area (Å²) in [5.74, 6) is -0.417. The van der Waals surface area contributed by atoms with Crippen LogP contribution in [-0.4, -0.2) is 29.3 Å². The minimum atomic E-state index is -0.623. The summed E-state index contributed by atoms with van der Waals surface area (Å²) in [7, 11) is 0. The van der Waals surface area contributed by atoms with Gasteiger partial charge in [0.2, 0.25) is 11.8 Å². The predicted molar refractivity (Wildman–Crippen MR) is 113 cm³/mol. The van der Waals surface area contributed by atoms with E-state index in [0.29, 0.717) is 28.7 Å². The van der Waals surface area contributed by atoms with Crippen LogP contribution in [0.15, 0.2) is 46.9 Å². The fourth-order valence-corrected chi connectivity index (χ4v) is 3.44. The van der Waals surface area contributed by atoms with Crippen LogP contribution in [0.3, 0.4) is 0 Å². The van der Waals surface area contributed by atoms with Gasteiger partial charge in [0.05, 0.1) is 6.42 Å². The summed E-state index contributed by atoms with van der Waals surface area (Å²) >= 11 is 15.8. The third-order valence-corrected chi connectivity index (χ3v) is 5.41. The third kappa shape index (κ3) is 5.96. The van der Waals surface area contributed by atoms with E-state index in [9.17, 15) is 9.59 Å². The molecular weight excluding hydrogens is 451 g/mol. The first-order valence-corrected chi connectivity index (χ1v) is 10.1. The molecule has 0 heterocycles. The molecule has 0 saturated carbocycles. The number of likely N-dealkylation sites (N-methyl/N-ethyl adjacent to an activating group) is 1. The summed E-state index contributed by atoms with van der Waals surface area (Å²) in [5.41, 5.74) is 1.49. The second kappa shape index (κ2) is 10.1. The summed E-state index contributed by atoms with van der Waals surface area (Å²) in [6, 6.07) is 12.1. The fraction of sp³-hybridized carbons (Fsp3) is 0.300. The minimum absolute atomic E-state index is 0.0266. The number of amides is 2. The van der Waals surface area contributed by atoms with Crippen molar-refractivity contribution in [3.05, 3.63) is 68.1 Å². The molecule has 4 nitrogen and oxygen atoms in total. The van der Waals surface area contributed by atoms with Crippen molar-refractivity contribution < 1.29 is 9.59 Å². The van der Waals surface area contributed by atoms with E-state index < -0.39 is 6.04 Å². The lowest BCUT2D eigenvalue weighted by Crippen LogP contribution is -2.48. The second-order valence-corrected chi connectivity index (χ2v) is 7.83. The van der Waals surface area contributed by atoms with Crippen LogP contribution >= 0.6 is 39.1 Å². The predicted octanol–water partition coefficient (Wildman–Crippen LogP) is 4.85. The van der Waals surface area contributed by atoms with Crippen LogP contribution in [0.1, 0.15) is 25.0 Å². The second-order valence-electron chi connectivity index (χ2n) is 6.10. The third-order valence-electron chi connectivity index (χ3n) is 4.17. The van der Waals surface area contributed by atoms with Crippen molar-refractivity contribution in [1.82, 2.24) is 10.2 Å². The lowest BCUT2D eigenvalue weighted by atomic mass is 10.1. The molecule has 2 aromatic rings. The summed E-state index contributed by atoms with van der Waals surface area (Å²) in [4.78, 5) is 27.0. The van der Waals surface area contributed by atoms with E-state index in [4.69, 9.17) is 23.2 Å². The van der Waals surface area contributed by atoms with E-state index in [0.717, 1.165) is 10.0 Å². The fourth-order valence-electron chi connectivity index (χ4n) is 2.65. The van der Waals surface area contributed by atoms with Gasteiger partial charge in [0, 0.05) is 27.6 Å². The van der Waals surface area contributed by atoms with Crippen molar-refractivity contribution in [1.29, 1.82) is 0 Å². The molecule has 1 atom stereocenters. The number of halogens is 3. The largest absolute Gasteiger partial charge is 0.355 e. The zero-order chi connectivity index (χ0) is 20.0. The Morgan fingerprint density at radius 2 is 1.70 bits per heavy atom. The molecule has 0 spiro atoms. The zero-order valence-corrected chi connectivity index (χ0v) is 18.2. The maximum absolute atomic E-state index is 13.1. The Labute approximate surface area is 178 Å². The van der Waals surface area contributed by atoms with Gasteiger partial charge in [-0.3, -0.25) is 9.59 Å². The Morgan fingerprint density at radius 1 is 1.11 bits per heavy atom. The SMILES string of the molecule is CCNC(=O)[C@@H](C)N(Cc1ccc(Br)cc1)C(=O)Cc1c(Cl)cccc1Cl. The highest BCUT2D eigenvalue weighted by molar-refractivity contribution is 9.10. The van der Waals surface area contributed by atoms with Crippen LogP contribution in [0, 0.1) is 0 Å². The van der Waals surface area contributed by atoms with Gasteiger partial charge in [-0.1, -0.05) is 57.3 Å². The van der Waals surface area contributed by atoms with Crippen molar-refractivity contribution in [2.75, 3.05) is 6.54 Å². The normalized spacial score (nSPS) is 11.7. The monoisotopic (exact) mass is 470 g/mol. The van der Waals surface area contributed by atoms with E-state index in [1.807, 2.05) is 31.2 Å². The van der Waals surface area contributed by atoms with Gasteiger partial charge in [-0.25, -0.2) is 0 Å². The lowest BCUT2D eigenvalue weighted by Gasteiger charge is -2.29. The van der Waals surface area contributed by atoms with E-state index in [1.165, 1.54) is 0 Å². The van der Waals surface area contributed by atoms with Crippen molar-refractivity contribution in [3.8, 4) is 0 Å². The number of carbonyl (C=O) groups is 2. The number of hydrogen-bond acceptors (Lipinski definition) is 2. The smallest absolute Gasteiger partial charge is 0.242 e. The molecule has 0 aliphatic heterocycles. The number of hydrogen-bond donors (Lipinski definition) is 1. The Kier molecular flexibility index (Phi) is 8.14. The van der Waals surface area contributed by atoms with Crippen LogP contribution in [0.25, 0.3) is 0 Å². The topological polar surface area (TPSA) is 49.4 Å². The molecule has 0 unspecified atom stereocenters. The van der Waals surface area contributed by atoms with E-state index in [2.05, 4.69) is 21.2 Å². The molecule has 1 N–H and O–H groups in total. The molecule has 2 amide bonds. The van der Waals surface area contributed by atoms with E-state index >= 15 is 0 Å². The van der Waals surface area contributed by atoms with E-state index in [-0.39, 0.29) is 18.2 Å². The van der Waals surface area contributed by atoms with Crippen LogP contribution in [0.2, 0.25) is 10.0 Å². The Balaban J connectivity index is 2.28. The van der Waals surface area contributed by atoms with Gasteiger partial charge < -0.3 is 10.2 Å². The van der Waals surface area contributed by atoms with Crippen LogP contribution in [0.4, 0.5) is 0 Å². The standard InChI is InChI=1S/C20H21BrCl2N2O2/c1-3-24-20(27)13(2)25(12-14-7-9-15(21)10-8-14)19(26)11-16-17(22)5-4-6-18(16)23/h4-10,13H,3,11-12H2,1-2H3,(H,24,27)/t13-/m1/s1. The van der Waals surface area contributed by atoms with Gasteiger partial charge in [-0.2, -0.15) is 0 Å². The molecule has 0 bridgehead atoms. The number of carbonyl (C=O) groups excluding carboxylic acids is 2. The van der Waals surface area contributed by atoms with Crippen LogP contribution in [-0.2, 0) is 22.6 Å². The Morgan fingerprint density at radius 3 is 2.26 bits per heavy atom. The highest BCUT2D eigenvalue weighted by Gasteiger charge is 2.26. The highest BCUT2D eigenvalue weighted by atomic mass is 79.9. The molecule has 144 valence electrons. The minimum Gasteiger partial charge on any atom is -0.355 e. The summed E-state index contributed by atoms with van der Waals surface area (Å²) in [6.07, 6.45) is 0.0266. The molecule has 0 aliphatic rings. The van der Waals surface area contributed by atoms with Gasteiger partial charge in [-0.05, 0) is 49.2 Å². The maximum Gasteiger partial charge on any atom is 0.242 e. The van der Waals surface area contributed by atoms with Gasteiger partial charge >= 0.3 is 0 Å². The average Bonchev–Trinajstić information content (AvgIpc) is 2.64. The average molecular weight is 472 g/mol. The Bertz CT molecular complexity index is 792. The highest BCUT2D eigenvalue weighted by Crippen LogP contribution is 2.26. The number of benzene rings is 2. The van der Waals surface area contributed by atoms with Gasteiger partial charge in [0.1, 0.15) is 6.04 Å². The van der Waals surface area contributed by atoms with Crippen LogP contribution < -0.4 is 5.32 Å². The van der Waals surface area contributed by atoms with Crippen molar-refractivity contribution >= 4 is 50.9 Å². The quantitative estimate of drug-likeness (QED) is 0.627. The zero-order valence-electron chi connectivity index (χ0n) is 15.1. The van der Waals surface area contributed by atoms with E-state index in [1.54, 1.807) is 30.0 Å². The maximum atomic E-state index is 13.1. The first-order valence-electron chi connectivity index (χ1n) is 8.58. The first-order chi connectivity index (χ1) is 12.8. The molecule has 0 aromatic heterocycles. The summed E-state index contributed by atoms with van der Waals surface area (Å²) in [5, 5.41) is 3.64.